The minimum Gasteiger partial charge on any atom is -0.488 e. The summed E-state index contributed by atoms with van der Waals surface area (Å²) in [5, 5.41) is 11.8. The predicted molar refractivity (Wildman–Crippen MR) is 135 cm³/mol. The molecular weight excluding hydrogens is 454 g/mol. The third-order valence-electron chi connectivity index (χ3n) is 5.89. The molecule has 0 atom stereocenters. The lowest BCUT2D eigenvalue weighted by Crippen LogP contribution is -2.23. The fraction of sp³-hybridized carbons (Fsp3) is 0.143. The summed E-state index contributed by atoms with van der Waals surface area (Å²) < 4.78 is 13.0. The number of benzene rings is 2. The number of aryl methyl sites for hydroxylation is 2. The third-order valence-corrected chi connectivity index (χ3v) is 5.89. The molecule has 0 aliphatic rings. The van der Waals surface area contributed by atoms with Crippen molar-refractivity contribution in [2.45, 2.75) is 27.0 Å². The standard InChI is InChI=1S/C28H25N5O3/c1-19-25(20(2)36-32-19)18-35-26-11-7-6-10-24(26)28(34)30-16-22-17-33(23-8-4-3-5-9-23)31-27(22)21-12-14-29-15-13-21/h3-15,17H,16,18H2,1-2H3,(H,30,34). The van der Waals surface area contributed by atoms with Crippen LogP contribution in [0.4, 0.5) is 0 Å². The van der Waals surface area contributed by atoms with Crippen LogP contribution in [0.15, 0.2) is 89.8 Å². The predicted octanol–water partition coefficient (Wildman–Crippen LogP) is 5.05. The number of pyridine rings is 1. The molecule has 180 valence electrons. The molecule has 2 aromatic carbocycles. The van der Waals surface area contributed by atoms with Crippen molar-refractivity contribution >= 4 is 5.91 Å². The lowest BCUT2D eigenvalue weighted by Gasteiger charge is -2.12. The number of para-hydroxylation sites is 2. The van der Waals surface area contributed by atoms with Gasteiger partial charge in [-0.2, -0.15) is 5.10 Å². The number of carbonyl (C=O) groups is 1. The molecule has 0 spiro atoms. The van der Waals surface area contributed by atoms with Crippen LogP contribution in [-0.4, -0.2) is 25.8 Å². The number of nitrogens with zero attached hydrogens (tertiary/aromatic N) is 4. The smallest absolute Gasteiger partial charge is 0.255 e. The highest BCUT2D eigenvalue weighted by Gasteiger charge is 2.17. The molecule has 0 bridgehead atoms. The fourth-order valence-corrected chi connectivity index (χ4v) is 3.91. The van der Waals surface area contributed by atoms with Crippen LogP contribution in [-0.2, 0) is 13.2 Å². The summed E-state index contributed by atoms with van der Waals surface area (Å²) >= 11 is 0. The van der Waals surface area contributed by atoms with Gasteiger partial charge in [-0.3, -0.25) is 9.78 Å². The Hall–Kier alpha value is -4.72. The monoisotopic (exact) mass is 479 g/mol. The molecule has 1 N–H and O–H groups in total. The number of nitrogens with one attached hydrogen (secondary N) is 1. The largest absolute Gasteiger partial charge is 0.488 e. The van der Waals surface area contributed by atoms with E-state index in [0.29, 0.717) is 23.6 Å². The average molecular weight is 480 g/mol. The highest BCUT2D eigenvalue weighted by Crippen LogP contribution is 2.25. The first kappa shape index (κ1) is 23.0. The van der Waals surface area contributed by atoms with Crippen LogP contribution in [0.25, 0.3) is 16.9 Å². The molecule has 3 heterocycles. The number of carbonyl (C=O) groups excluding carboxylic acids is 1. The molecule has 5 rings (SSSR count). The molecule has 8 heteroatoms. The minimum atomic E-state index is -0.238. The number of ether oxygens (including phenoxy) is 1. The Kier molecular flexibility index (Phi) is 6.57. The van der Waals surface area contributed by atoms with E-state index >= 15 is 0 Å². The summed E-state index contributed by atoms with van der Waals surface area (Å²) in [4.78, 5) is 17.3. The molecule has 0 aliphatic heterocycles. The van der Waals surface area contributed by atoms with Gasteiger partial charge in [0.15, 0.2) is 0 Å². The molecule has 8 nitrogen and oxygen atoms in total. The van der Waals surface area contributed by atoms with Gasteiger partial charge in [0, 0.05) is 36.3 Å². The average Bonchev–Trinajstić information content (AvgIpc) is 3.50. The van der Waals surface area contributed by atoms with Crippen molar-refractivity contribution in [1.29, 1.82) is 0 Å². The summed E-state index contributed by atoms with van der Waals surface area (Å²) in [6.45, 7) is 4.26. The van der Waals surface area contributed by atoms with Crippen LogP contribution in [0.1, 0.15) is 32.9 Å². The first-order valence-corrected chi connectivity index (χ1v) is 11.6. The first-order chi connectivity index (χ1) is 17.6. The minimum absolute atomic E-state index is 0.238. The van der Waals surface area contributed by atoms with Crippen molar-refractivity contribution in [3.05, 3.63) is 113 Å². The summed E-state index contributed by atoms with van der Waals surface area (Å²) in [5.41, 5.74) is 5.62. The van der Waals surface area contributed by atoms with E-state index in [4.69, 9.17) is 14.4 Å². The van der Waals surface area contributed by atoms with E-state index in [0.717, 1.165) is 33.8 Å². The molecule has 5 aromatic rings. The first-order valence-electron chi connectivity index (χ1n) is 11.6. The van der Waals surface area contributed by atoms with Gasteiger partial charge in [0.05, 0.1) is 28.2 Å². The second kappa shape index (κ2) is 10.3. The van der Waals surface area contributed by atoms with Crippen molar-refractivity contribution in [3.8, 4) is 22.7 Å². The van der Waals surface area contributed by atoms with Gasteiger partial charge in [0.25, 0.3) is 5.91 Å². The van der Waals surface area contributed by atoms with Gasteiger partial charge < -0.3 is 14.6 Å². The quantitative estimate of drug-likeness (QED) is 0.335. The van der Waals surface area contributed by atoms with E-state index in [1.54, 1.807) is 24.5 Å². The molecule has 1 amide bonds. The Morgan fingerprint density at radius 3 is 2.50 bits per heavy atom. The number of rotatable bonds is 8. The maximum atomic E-state index is 13.2. The molecule has 0 aliphatic carbocycles. The summed E-state index contributed by atoms with van der Waals surface area (Å²) in [7, 11) is 0. The Balaban J connectivity index is 1.36. The molecule has 3 aromatic heterocycles. The van der Waals surface area contributed by atoms with E-state index in [-0.39, 0.29) is 12.5 Å². The lowest BCUT2D eigenvalue weighted by molar-refractivity contribution is 0.0946. The van der Waals surface area contributed by atoms with Gasteiger partial charge in [-0.15, -0.1) is 0 Å². The number of hydrogen-bond donors (Lipinski definition) is 1. The van der Waals surface area contributed by atoms with Gasteiger partial charge in [0.1, 0.15) is 18.1 Å². The molecule has 0 fully saturated rings. The van der Waals surface area contributed by atoms with Crippen LogP contribution < -0.4 is 10.1 Å². The van der Waals surface area contributed by atoms with Crippen LogP contribution >= 0.6 is 0 Å². The number of hydrogen-bond acceptors (Lipinski definition) is 6. The Bertz CT molecular complexity index is 1460. The highest BCUT2D eigenvalue weighted by atomic mass is 16.5. The maximum Gasteiger partial charge on any atom is 0.255 e. The van der Waals surface area contributed by atoms with E-state index in [9.17, 15) is 4.79 Å². The van der Waals surface area contributed by atoms with Crippen LogP contribution in [0.2, 0.25) is 0 Å². The molecular formula is C28H25N5O3. The Morgan fingerprint density at radius 2 is 1.75 bits per heavy atom. The van der Waals surface area contributed by atoms with Gasteiger partial charge in [-0.1, -0.05) is 35.5 Å². The molecule has 36 heavy (non-hydrogen) atoms. The van der Waals surface area contributed by atoms with Gasteiger partial charge in [-0.25, -0.2) is 4.68 Å². The number of amides is 1. The van der Waals surface area contributed by atoms with Gasteiger partial charge in [-0.05, 0) is 50.2 Å². The second-order valence-electron chi connectivity index (χ2n) is 8.29. The van der Waals surface area contributed by atoms with Crippen LogP contribution in [0.5, 0.6) is 5.75 Å². The summed E-state index contributed by atoms with van der Waals surface area (Å²) in [5.74, 6) is 0.954. The van der Waals surface area contributed by atoms with E-state index in [1.165, 1.54) is 0 Å². The van der Waals surface area contributed by atoms with E-state index in [2.05, 4.69) is 15.5 Å². The lowest BCUT2D eigenvalue weighted by atomic mass is 10.1. The normalized spacial score (nSPS) is 10.8. The highest BCUT2D eigenvalue weighted by molar-refractivity contribution is 5.96. The zero-order valence-corrected chi connectivity index (χ0v) is 20.0. The zero-order chi connectivity index (χ0) is 24.9. The van der Waals surface area contributed by atoms with Gasteiger partial charge in [0.2, 0.25) is 0 Å². The van der Waals surface area contributed by atoms with Crippen molar-refractivity contribution in [2.24, 2.45) is 0 Å². The fourth-order valence-electron chi connectivity index (χ4n) is 3.91. The second-order valence-corrected chi connectivity index (χ2v) is 8.29. The van der Waals surface area contributed by atoms with Crippen molar-refractivity contribution in [3.63, 3.8) is 0 Å². The molecule has 0 unspecified atom stereocenters. The SMILES string of the molecule is Cc1noc(C)c1COc1ccccc1C(=O)NCc1cn(-c2ccccc2)nc1-c1ccncc1. The molecule has 0 saturated heterocycles. The Morgan fingerprint density at radius 1 is 1.00 bits per heavy atom. The Labute approximate surface area is 208 Å². The van der Waals surface area contributed by atoms with E-state index in [1.807, 2.05) is 79.3 Å². The summed E-state index contributed by atoms with van der Waals surface area (Å²) in [6, 6.07) is 20.8. The van der Waals surface area contributed by atoms with Crippen molar-refractivity contribution < 1.29 is 14.1 Å². The molecule has 0 radical (unpaired) electrons. The molecule has 0 saturated carbocycles. The topological polar surface area (TPSA) is 95.1 Å². The van der Waals surface area contributed by atoms with Gasteiger partial charge >= 0.3 is 0 Å². The summed E-state index contributed by atoms with van der Waals surface area (Å²) in [6.07, 6.45) is 5.39. The number of aromatic nitrogens is 4. The third kappa shape index (κ3) is 4.88. The van der Waals surface area contributed by atoms with Crippen LogP contribution in [0.3, 0.4) is 0 Å². The maximum absolute atomic E-state index is 13.2. The van der Waals surface area contributed by atoms with Crippen molar-refractivity contribution in [2.75, 3.05) is 0 Å². The van der Waals surface area contributed by atoms with E-state index < -0.39 is 0 Å². The van der Waals surface area contributed by atoms with Crippen LogP contribution in [0, 0.1) is 13.8 Å². The zero-order valence-electron chi connectivity index (χ0n) is 20.0. The van der Waals surface area contributed by atoms with Crippen molar-refractivity contribution in [1.82, 2.24) is 25.2 Å².